The Morgan fingerprint density at radius 2 is 1.83 bits per heavy atom. The molecule has 1 rings (SSSR count). The highest BCUT2D eigenvalue weighted by atomic mass is 35.5. The molecule has 0 spiro atoms. The Hall–Kier alpha value is -1.80. The van der Waals surface area contributed by atoms with Crippen LogP contribution in [0.3, 0.4) is 0 Å². The molecule has 0 aliphatic carbocycles. The maximum absolute atomic E-state index is 12.5. The maximum atomic E-state index is 12.5. The van der Waals surface area contributed by atoms with E-state index in [1.165, 1.54) is 26.8 Å². The molecule has 0 saturated carbocycles. The Morgan fingerprint density at radius 3 is 2.29 bits per heavy atom. The predicted molar refractivity (Wildman–Crippen MR) is 87.7 cm³/mol. The van der Waals surface area contributed by atoms with Gasteiger partial charge in [0, 0.05) is 18.8 Å². The van der Waals surface area contributed by atoms with Crippen LogP contribution in [0.5, 0.6) is 0 Å². The van der Waals surface area contributed by atoms with Crippen LogP contribution in [-0.4, -0.2) is 35.0 Å². The summed E-state index contributed by atoms with van der Waals surface area (Å²) in [5, 5.41) is 2.58. The van der Waals surface area contributed by atoms with E-state index >= 15 is 0 Å². The number of amides is 2. The molecule has 0 saturated heterocycles. The van der Waals surface area contributed by atoms with Gasteiger partial charge in [-0.1, -0.05) is 12.1 Å². The highest BCUT2D eigenvalue weighted by Gasteiger charge is 2.41. The number of hydrogen-bond acceptors (Lipinski definition) is 3. The molecule has 0 heterocycles. The van der Waals surface area contributed by atoms with E-state index in [9.17, 15) is 22.8 Å². The summed E-state index contributed by atoms with van der Waals surface area (Å²) in [6.07, 6.45) is -4.91. The van der Waals surface area contributed by atoms with Crippen molar-refractivity contribution in [3.8, 4) is 0 Å². The molecular formula is C15H21ClF3N3O2. The molecule has 0 radical (unpaired) electrons. The van der Waals surface area contributed by atoms with Crippen molar-refractivity contribution in [1.82, 2.24) is 4.90 Å². The third-order valence-corrected chi connectivity index (χ3v) is 3.05. The first-order valence-corrected chi connectivity index (χ1v) is 7.00. The zero-order valence-electron chi connectivity index (χ0n) is 13.6. The summed E-state index contributed by atoms with van der Waals surface area (Å²) >= 11 is 0. The minimum atomic E-state index is -4.91. The molecule has 0 unspecified atom stereocenters. The number of hydrogen-bond donors (Lipinski definition) is 2. The normalized spacial score (nSPS) is 11.5. The minimum Gasteiger partial charge on any atom is -0.331 e. The molecule has 5 nitrogen and oxygen atoms in total. The Kier molecular flexibility index (Phi) is 7.72. The molecule has 0 fully saturated rings. The highest BCUT2D eigenvalue weighted by Crippen LogP contribution is 2.21. The van der Waals surface area contributed by atoms with E-state index < -0.39 is 23.5 Å². The molecule has 0 bridgehead atoms. The second-order valence-corrected chi connectivity index (χ2v) is 5.69. The summed E-state index contributed by atoms with van der Waals surface area (Å²) in [7, 11) is 0. The quantitative estimate of drug-likeness (QED) is 0.840. The van der Waals surface area contributed by atoms with Crippen molar-refractivity contribution in [3.05, 3.63) is 29.8 Å². The van der Waals surface area contributed by atoms with Crippen molar-refractivity contribution in [1.29, 1.82) is 0 Å². The van der Waals surface area contributed by atoms with Crippen molar-refractivity contribution in [2.45, 2.75) is 39.0 Å². The van der Waals surface area contributed by atoms with Crippen LogP contribution in [-0.2, 0) is 16.1 Å². The van der Waals surface area contributed by atoms with Crippen LogP contribution < -0.4 is 11.1 Å². The summed E-state index contributed by atoms with van der Waals surface area (Å²) in [4.78, 5) is 23.8. The SMILES string of the molecule is CCN(Cc1cccc(NC(=O)C(C)(C)N)c1)C(=O)C(F)(F)F.Cl. The van der Waals surface area contributed by atoms with Crippen LogP contribution in [0.1, 0.15) is 26.3 Å². The maximum Gasteiger partial charge on any atom is 0.471 e. The number of nitrogens with one attached hydrogen (secondary N) is 1. The van der Waals surface area contributed by atoms with Gasteiger partial charge < -0.3 is 16.0 Å². The first kappa shape index (κ1) is 22.2. The van der Waals surface area contributed by atoms with Crippen molar-refractivity contribution in [3.63, 3.8) is 0 Å². The molecular weight excluding hydrogens is 347 g/mol. The topological polar surface area (TPSA) is 75.4 Å². The number of nitrogens with zero attached hydrogens (tertiary/aromatic N) is 1. The number of carbonyl (C=O) groups excluding carboxylic acids is 2. The number of carbonyl (C=O) groups is 2. The molecule has 0 atom stereocenters. The lowest BCUT2D eigenvalue weighted by Gasteiger charge is -2.22. The summed E-state index contributed by atoms with van der Waals surface area (Å²) < 4.78 is 37.5. The molecule has 1 aromatic rings. The van der Waals surface area contributed by atoms with E-state index in [0.29, 0.717) is 16.2 Å². The highest BCUT2D eigenvalue weighted by molar-refractivity contribution is 5.97. The zero-order chi connectivity index (χ0) is 17.8. The molecule has 1 aromatic carbocycles. The monoisotopic (exact) mass is 367 g/mol. The van der Waals surface area contributed by atoms with Crippen LogP contribution in [0.4, 0.5) is 18.9 Å². The fourth-order valence-electron chi connectivity index (χ4n) is 1.77. The number of benzene rings is 1. The van der Waals surface area contributed by atoms with Crippen LogP contribution in [0, 0.1) is 0 Å². The summed E-state index contributed by atoms with van der Waals surface area (Å²) in [5.74, 6) is -2.31. The fraction of sp³-hybridized carbons (Fsp3) is 0.467. The lowest BCUT2D eigenvalue weighted by atomic mass is 10.1. The van der Waals surface area contributed by atoms with Crippen molar-refractivity contribution in [2.24, 2.45) is 5.73 Å². The van der Waals surface area contributed by atoms with Crippen LogP contribution in [0.15, 0.2) is 24.3 Å². The van der Waals surface area contributed by atoms with Gasteiger partial charge in [0.1, 0.15) is 0 Å². The Morgan fingerprint density at radius 1 is 1.25 bits per heavy atom. The van der Waals surface area contributed by atoms with Crippen molar-refractivity contribution < 1.29 is 22.8 Å². The molecule has 0 aliphatic rings. The van der Waals surface area contributed by atoms with Gasteiger partial charge >= 0.3 is 12.1 Å². The van der Waals surface area contributed by atoms with E-state index in [1.54, 1.807) is 18.2 Å². The van der Waals surface area contributed by atoms with Gasteiger partial charge in [0.15, 0.2) is 0 Å². The van der Waals surface area contributed by atoms with Gasteiger partial charge in [0.25, 0.3) is 0 Å². The van der Waals surface area contributed by atoms with E-state index in [1.807, 2.05) is 0 Å². The Balaban J connectivity index is 0.00000529. The van der Waals surface area contributed by atoms with Crippen LogP contribution in [0.2, 0.25) is 0 Å². The van der Waals surface area contributed by atoms with Crippen LogP contribution in [0.25, 0.3) is 0 Å². The third-order valence-electron chi connectivity index (χ3n) is 3.05. The third kappa shape index (κ3) is 6.37. The van der Waals surface area contributed by atoms with Gasteiger partial charge in [-0.05, 0) is 38.5 Å². The van der Waals surface area contributed by atoms with Gasteiger partial charge in [-0.2, -0.15) is 13.2 Å². The molecule has 9 heteroatoms. The second kappa shape index (κ2) is 8.34. The Labute approximate surface area is 144 Å². The minimum absolute atomic E-state index is 0. The summed E-state index contributed by atoms with van der Waals surface area (Å²) in [6, 6.07) is 6.26. The molecule has 136 valence electrons. The molecule has 0 aliphatic heterocycles. The zero-order valence-corrected chi connectivity index (χ0v) is 14.4. The molecule has 24 heavy (non-hydrogen) atoms. The van der Waals surface area contributed by atoms with Gasteiger partial charge in [-0.3, -0.25) is 9.59 Å². The number of halogens is 4. The molecule has 0 aromatic heterocycles. The molecule has 3 N–H and O–H groups in total. The largest absolute Gasteiger partial charge is 0.471 e. The Bertz CT molecular complexity index is 586. The predicted octanol–water partition coefficient (Wildman–Crippen LogP) is 2.70. The smallest absolute Gasteiger partial charge is 0.331 e. The number of rotatable bonds is 5. The first-order chi connectivity index (χ1) is 10.4. The van der Waals surface area contributed by atoms with Gasteiger partial charge in [0.05, 0.1) is 5.54 Å². The average molecular weight is 368 g/mol. The number of anilines is 1. The van der Waals surface area contributed by atoms with Gasteiger partial charge in [-0.15, -0.1) is 12.4 Å². The number of alkyl halides is 3. The van der Waals surface area contributed by atoms with E-state index in [0.717, 1.165) is 0 Å². The van der Waals surface area contributed by atoms with E-state index in [-0.39, 0.29) is 25.5 Å². The first-order valence-electron chi connectivity index (χ1n) is 7.00. The fourth-order valence-corrected chi connectivity index (χ4v) is 1.77. The van der Waals surface area contributed by atoms with Crippen molar-refractivity contribution in [2.75, 3.05) is 11.9 Å². The summed E-state index contributed by atoms with van der Waals surface area (Å²) in [5.41, 5.74) is 5.45. The van der Waals surface area contributed by atoms with E-state index in [4.69, 9.17) is 5.73 Å². The average Bonchev–Trinajstić information content (AvgIpc) is 2.42. The van der Waals surface area contributed by atoms with Crippen LogP contribution >= 0.6 is 12.4 Å². The van der Waals surface area contributed by atoms with E-state index in [2.05, 4.69) is 5.32 Å². The van der Waals surface area contributed by atoms with Crippen molar-refractivity contribution >= 4 is 29.9 Å². The van der Waals surface area contributed by atoms with Gasteiger partial charge in [0.2, 0.25) is 5.91 Å². The lowest BCUT2D eigenvalue weighted by Crippen LogP contribution is -2.45. The summed E-state index contributed by atoms with van der Waals surface area (Å²) in [6.45, 7) is 4.25. The standard InChI is InChI=1S/C15H20F3N3O2.ClH/c1-4-21(13(23)15(16,17)18)9-10-6-5-7-11(8-10)20-12(22)14(2,3)19;/h5-8H,4,9,19H2,1-3H3,(H,20,22);1H. The second-order valence-electron chi connectivity index (χ2n) is 5.69. The van der Waals surface area contributed by atoms with Gasteiger partial charge in [-0.25, -0.2) is 0 Å². The number of nitrogens with two attached hydrogens (primary N) is 1. The lowest BCUT2D eigenvalue weighted by molar-refractivity contribution is -0.185. The molecule has 2 amide bonds.